The maximum absolute atomic E-state index is 12.5. The smallest absolute Gasteiger partial charge is 0.414 e. The number of benzene rings is 1. The van der Waals surface area contributed by atoms with E-state index < -0.39 is 5.60 Å². The first-order valence-electron chi connectivity index (χ1n) is 7.07. The molecule has 0 saturated heterocycles. The molecule has 0 aliphatic carbocycles. The van der Waals surface area contributed by atoms with Crippen LogP contribution in [0.5, 0.6) is 0 Å². The summed E-state index contributed by atoms with van der Waals surface area (Å²) in [4.78, 5) is 14.2. The fourth-order valence-corrected chi connectivity index (χ4v) is 2.71. The minimum atomic E-state index is -0.528. The summed E-state index contributed by atoms with van der Waals surface area (Å²) >= 11 is 6.15. The lowest BCUT2D eigenvalue weighted by atomic mass is 9.98. The molecule has 2 rings (SSSR count). The molecule has 21 heavy (non-hydrogen) atoms. The largest absolute Gasteiger partial charge is 0.443 e. The van der Waals surface area contributed by atoms with Gasteiger partial charge in [0, 0.05) is 10.6 Å². The standard InChI is InChI=1S/C16H23ClN2O2/c1-10-7-11(17)8-12-13(10)18-16(5,6)9-19(12)14(20)21-15(2,3)4/h7-8,18H,9H2,1-6H3. The highest BCUT2D eigenvalue weighted by molar-refractivity contribution is 6.31. The van der Waals surface area contributed by atoms with Crippen LogP contribution in [-0.4, -0.2) is 23.8 Å². The van der Waals surface area contributed by atoms with Crippen molar-refractivity contribution in [1.82, 2.24) is 0 Å². The van der Waals surface area contributed by atoms with Gasteiger partial charge in [0.2, 0.25) is 0 Å². The van der Waals surface area contributed by atoms with Crippen LogP contribution >= 0.6 is 11.6 Å². The van der Waals surface area contributed by atoms with Crippen LogP contribution in [0.3, 0.4) is 0 Å². The molecule has 0 saturated carbocycles. The van der Waals surface area contributed by atoms with E-state index in [4.69, 9.17) is 16.3 Å². The van der Waals surface area contributed by atoms with Crippen LogP contribution in [0.4, 0.5) is 16.2 Å². The molecule has 0 bridgehead atoms. The number of rotatable bonds is 0. The highest BCUT2D eigenvalue weighted by Crippen LogP contribution is 2.39. The number of aryl methyl sites for hydroxylation is 1. The summed E-state index contributed by atoms with van der Waals surface area (Å²) in [6.45, 7) is 12.2. The molecule has 0 unspecified atom stereocenters. The maximum Gasteiger partial charge on any atom is 0.414 e. The van der Waals surface area contributed by atoms with Gasteiger partial charge in [-0.2, -0.15) is 0 Å². The maximum atomic E-state index is 12.5. The van der Waals surface area contributed by atoms with E-state index >= 15 is 0 Å². The number of fused-ring (bicyclic) bond motifs is 1. The zero-order valence-electron chi connectivity index (χ0n) is 13.5. The Bertz CT molecular complexity index is 576. The highest BCUT2D eigenvalue weighted by Gasteiger charge is 2.36. The Hall–Kier alpha value is -1.42. The summed E-state index contributed by atoms with van der Waals surface area (Å²) in [6.07, 6.45) is -0.347. The van der Waals surface area contributed by atoms with Crippen molar-refractivity contribution in [2.45, 2.75) is 52.7 Å². The van der Waals surface area contributed by atoms with Crippen molar-refractivity contribution < 1.29 is 9.53 Å². The van der Waals surface area contributed by atoms with Crippen molar-refractivity contribution in [2.75, 3.05) is 16.8 Å². The summed E-state index contributed by atoms with van der Waals surface area (Å²) in [5.74, 6) is 0. The summed E-state index contributed by atoms with van der Waals surface area (Å²) in [5, 5.41) is 4.08. The van der Waals surface area contributed by atoms with Gasteiger partial charge in [-0.3, -0.25) is 4.90 Å². The van der Waals surface area contributed by atoms with E-state index in [1.807, 2.05) is 33.8 Å². The van der Waals surface area contributed by atoms with E-state index in [0.717, 1.165) is 16.9 Å². The number of carbonyl (C=O) groups excluding carboxylic acids is 1. The lowest BCUT2D eigenvalue weighted by molar-refractivity contribution is 0.0573. The van der Waals surface area contributed by atoms with Crippen molar-refractivity contribution in [1.29, 1.82) is 0 Å². The second-order valence-corrected chi connectivity index (χ2v) is 7.63. The number of hydrogen-bond acceptors (Lipinski definition) is 3. The minimum Gasteiger partial charge on any atom is -0.443 e. The lowest BCUT2D eigenvalue weighted by Crippen LogP contribution is -2.52. The zero-order valence-corrected chi connectivity index (χ0v) is 14.3. The Balaban J connectivity index is 2.46. The average molecular weight is 311 g/mol. The molecule has 1 heterocycles. The van der Waals surface area contributed by atoms with E-state index in [2.05, 4.69) is 19.2 Å². The van der Waals surface area contributed by atoms with Gasteiger partial charge in [0.15, 0.2) is 0 Å². The Labute approximate surface area is 131 Å². The predicted octanol–water partition coefficient (Wildman–Crippen LogP) is 4.59. The van der Waals surface area contributed by atoms with Gasteiger partial charge in [-0.15, -0.1) is 0 Å². The lowest BCUT2D eigenvalue weighted by Gasteiger charge is -2.41. The quantitative estimate of drug-likeness (QED) is 0.761. The summed E-state index contributed by atoms with van der Waals surface area (Å²) in [7, 11) is 0. The molecule has 1 amide bonds. The molecule has 1 aromatic carbocycles. The highest BCUT2D eigenvalue weighted by atomic mass is 35.5. The third kappa shape index (κ3) is 3.62. The number of amides is 1. The van der Waals surface area contributed by atoms with Crippen LogP contribution in [0.2, 0.25) is 5.02 Å². The molecule has 0 aromatic heterocycles. The van der Waals surface area contributed by atoms with Gasteiger partial charge in [0.1, 0.15) is 5.60 Å². The second kappa shape index (κ2) is 5.09. The molecular formula is C16H23ClN2O2. The number of carbonyl (C=O) groups is 1. The normalized spacial score (nSPS) is 17.0. The van der Waals surface area contributed by atoms with Crippen LogP contribution in [0.25, 0.3) is 0 Å². The fourth-order valence-electron chi connectivity index (χ4n) is 2.44. The van der Waals surface area contributed by atoms with Crippen molar-refractivity contribution in [3.63, 3.8) is 0 Å². The van der Waals surface area contributed by atoms with Gasteiger partial charge in [-0.05, 0) is 59.2 Å². The number of halogens is 1. The number of nitrogens with one attached hydrogen (secondary N) is 1. The molecule has 0 atom stereocenters. The summed E-state index contributed by atoms with van der Waals surface area (Å²) < 4.78 is 5.52. The van der Waals surface area contributed by atoms with Crippen molar-refractivity contribution >= 4 is 29.1 Å². The number of hydrogen-bond donors (Lipinski definition) is 1. The van der Waals surface area contributed by atoms with Crippen molar-refractivity contribution in [2.24, 2.45) is 0 Å². The molecule has 0 fully saturated rings. The molecule has 1 aliphatic rings. The summed E-state index contributed by atoms with van der Waals surface area (Å²) in [5.41, 5.74) is 1.96. The molecule has 0 spiro atoms. The first-order chi connectivity index (χ1) is 9.48. The van der Waals surface area contributed by atoms with E-state index in [9.17, 15) is 4.79 Å². The molecule has 116 valence electrons. The van der Waals surface area contributed by atoms with Gasteiger partial charge >= 0.3 is 6.09 Å². The topological polar surface area (TPSA) is 41.6 Å². The second-order valence-electron chi connectivity index (χ2n) is 7.19. The summed E-state index contributed by atoms with van der Waals surface area (Å²) in [6, 6.07) is 3.69. The van der Waals surface area contributed by atoms with E-state index in [1.54, 1.807) is 11.0 Å². The van der Waals surface area contributed by atoms with Crippen LogP contribution in [0.1, 0.15) is 40.2 Å². The van der Waals surface area contributed by atoms with Crippen LogP contribution in [0.15, 0.2) is 12.1 Å². The van der Waals surface area contributed by atoms with Gasteiger partial charge < -0.3 is 10.1 Å². The Kier molecular flexibility index (Phi) is 3.87. The monoisotopic (exact) mass is 310 g/mol. The minimum absolute atomic E-state index is 0.234. The zero-order chi connectivity index (χ0) is 16.0. The predicted molar refractivity (Wildman–Crippen MR) is 87.5 cm³/mol. The Morgan fingerprint density at radius 2 is 2.00 bits per heavy atom. The number of anilines is 2. The van der Waals surface area contributed by atoms with E-state index in [0.29, 0.717) is 11.6 Å². The molecule has 1 aliphatic heterocycles. The van der Waals surface area contributed by atoms with Crippen LogP contribution in [0, 0.1) is 6.92 Å². The van der Waals surface area contributed by atoms with E-state index in [-0.39, 0.29) is 11.6 Å². The first-order valence-corrected chi connectivity index (χ1v) is 7.45. The van der Waals surface area contributed by atoms with Gasteiger partial charge in [-0.1, -0.05) is 11.6 Å². The number of ether oxygens (including phenoxy) is 1. The average Bonchev–Trinajstić information content (AvgIpc) is 2.26. The molecule has 0 radical (unpaired) electrons. The van der Waals surface area contributed by atoms with Crippen LogP contribution < -0.4 is 10.2 Å². The van der Waals surface area contributed by atoms with Crippen molar-refractivity contribution in [3.8, 4) is 0 Å². The van der Waals surface area contributed by atoms with Gasteiger partial charge in [0.05, 0.1) is 17.9 Å². The Morgan fingerprint density at radius 3 is 2.57 bits per heavy atom. The van der Waals surface area contributed by atoms with Crippen molar-refractivity contribution in [3.05, 3.63) is 22.7 Å². The molecule has 4 nitrogen and oxygen atoms in total. The number of nitrogens with zero attached hydrogens (tertiary/aromatic N) is 1. The third-order valence-electron chi connectivity index (χ3n) is 3.20. The van der Waals surface area contributed by atoms with Gasteiger partial charge in [0.25, 0.3) is 0 Å². The Morgan fingerprint density at radius 1 is 1.38 bits per heavy atom. The molecule has 5 heteroatoms. The fraction of sp³-hybridized carbons (Fsp3) is 0.562. The van der Waals surface area contributed by atoms with E-state index in [1.165, 1.54) is 0 Å². The molecular weight excluding hydrogens is 288 g/mol. The third-order valence-corrected chi connectivity index (χ3v) is 3.42. The molecule has 1 aromatic rings. The first kappa shape index (κ1) is 16.0. The van der Waals surface area contributed by atoms with Gasteiger partial charge in [-0.25, -0.2) is 4.79 Å². The SMILES string of the molecule is Cc1cc(Cl)cc2c1NC(C)(C)CN2C(=O)OC(C)(C)C. The van der Waals surface area contributed by atoms with Crippen LogP contribution in [-0.2, 0) is 4.74 Å². The molecule has 1 N–H and O–H groups in total.